The summed E-state index contributed by atoms with van der Waals surface area (Å²) in [6, 6.07) is 13.3. The number of allylic oxidation sites excluding steroid dienone is 1. The van der Waals surface area contributed by atoms with Crippen LogP contribution in [0.1, 0.15) is 60.7 Å². The van der Waals surface area contributed by atoms with Crippen molar-refractivity contribution in [3.63, 3.8) is 0 Å². The number of ether oxygens (including phenoxy) is 1. The van der Waals surface area contributed by atoms with Gasteiger partial charge in [0.15, 0.2) is 0 Å². The first-order valence-electron chi connectivity index (χ1n) is 17.5. The van der Waals surface area contributed by atoms with Gasteiger partial charge in [-0.05, 0) is 97.2 Å². The van der Waals surface area contributed by atoms with E-state index in [0.717, 1.165) is 16.1 Å². The van der Waals surface area contributed by atoms with E-state index in [1.807, 2.05) is 6.92 Å². The SMILES string of the molecule is COc1ccc([C@@H]2Cc3c(cccc3C(F)(F)F)N(CCNCCCNC(=O)CCc3ccc4n3[B-](F)(F)[N+]3=C(C)C=C(C)C3C4)C(=O)[C@@H]2O)cc1. The molecule has 3 atom stereocenters. The van der Waals surface area contributed by atoms with Crippen molar-refractivity contribution < 1.29 is 45.7 Å². The van der Waals surface area contributed by atoms with Crippen LogP contribution in [0.15, 0.2) is 66.2 Å². The molecule has 4 heterocycles. The first-order valence-corrected chi connectivity index (χ1v) is 17.5. The predicted octanol–water partition coefficient (Wildman–Crippen LogP) is 4.86. The van der Waals surface area contributed by atoms with E-state index in [0.29, 0.717) is 54.3 Å². The molecule has 2 aromatic carbocycles. The van der Waals surface area contributed by atoms with E-state index in [9.17, 15) is 27.9 Å². The second-order valence-corrected chi connectivity index (χ2v) is 13.7. The number of aryl methyl sites for hydroxylation is 1. The molecule has 0 fully saturated rings. The molecule has 15 heteroatoms. The molecule has 9 nitrogen and oxygen atoms in total. The molecule has 6 rings (SSSR count). The fourth-order valence-electron chi connectivity index (χ4n) is 7.87. The lowest BCUT2D eigenvalue weighted by molar-refractivity contribution is -0.459. The van der Waals surface area contributed by atoms with E-state index in [1.54, 1.807) is 49.4 Å². The van der Waals surface area contributed by atoms with Crippen molar-refractivity contribution in [1.29, 1.82) is 0 Å². The van der Waals surface area contributed by atoms with Crippen LogP contribution in [0.2, 0.25) is 0 Å². The molecular weight excluding hydrogens is 684 g/mol. The average Bonchev–Trinajstić information content (AvgIpc) is 3.63. The minimum absolute atomic E-state index is 0.00471. The maximum Gasteiger partial charge on any atom is 0.732 e. The summed E-state index contributed by atoms with van der Waals surface area (Å²) in [6.07, 6.45) is -3.44. The van der Waals surface area contributed by atoms with Gasteiger partial charge in [0.05, 0.1) is 12.7 Å². The molecular formula is C37H43BF5N5O4. The largest absolute Gasteiger partial charge is 0.732 e. The average molecular weight is 728 g/mol. The molecule has 3 aliphatic heterocycles. The summed E-state index contributed by atoms with van der Waals surface area (Å²) < 4.78 is 81.4. The Balaban J connectivity index is 1.01. The fraction of sp³-hybridized carbons (Fsp3) is 0.432. The monoisotopic (exact) mass is 727 g/mol. The molecule has 3 aliphatic rings. The Morgan fingerprint density at radius 2 is 1.79 bits per heavy atom. The number of aliphatic hydroxyl groups excluding tert-OH is 1. The van der Waals surface area contributed by atoms with Crippen LogP contribution in [0.5, 0.6) is 5.75 Å². The van der Waals surface area contributed by atoms with Crippen LogP contribution < -0.4 is 20.3 Å². The minimum Gasteiger partial charge on any atom is -0.497 e. The third kappa shape index (κ3) is 7.25. The number of hydrogen-bond acceptors (Lipinski definition) is 5. The molecule has 0 radical (unpaired) electrons. The van der Waals surface area contributed by atoms with Crippen LogP contribution in [0.25, 0.3) is 0 Å². The van der Waals surface area contributed by atoms with E-state index in [1.165, 1.54) is 28.6 Å². The molecule has 3 N–H and O–H groups in total. The lowest BCUT2D eigenvalue weighted by atomic mass is 9.85. The Kier molecular flexibility index (Phi) is 10.6. The minimum atomic E-state index is -4.66. The van der Waals surface area contributed by atoms with Crippen LogP contribution in [-0.4, -0.2) is 84.0 Å². The number of aliphatic hydroxyl groups is 1. The van der Waals surface area contributed by atoms with E-state index >= 15 is 8.63 Å². The number of carbonyl (C=O) groups is 2. The molecule has 1 unspecified atom stereocenters. The summed E-state index contributed by atoms with van der Waals surface area (Å²) in [5, 5.41) is 17.2. The van der Waals surface area contributed by atoms with Crippen LogP contribution in [0, 0.1) is 0 Å². The quantitative estimate of drug-likeness (QED) is 0.141. The zero-order valence-electron chi connectivity index (χ0n) is 29.4. The number of amides is 2. The van der Waals surface area contributed by atoms with Crippen molar-refractivity contribution >= 4 is 30.2 Å². The molecule has 3 aromatic rings. The summed E-state index contributed by atoms with van der Waals surface area (Å²) in [5.74, 6) is -1.34. The van der Waals surface area contributed by atoms with Crippen molar-refractivity contribution in [2.75, 3.05) is 38.2 Å². The number of alkyl halides is 3. The highest BCUT2D eigenvalue weighted by Gasteiger charge is 2.55. The maximum absolute atomic E-state index is 15.7. The van der Waals surface area contributed by atoms with Gasteiger partial charge < -0.3 is 43.0 Å². The zero-order valence-corrected chi connectivity index (χ0v) is 29.4. The second-order valence-electron chi connectivity index (χ2n) is 13.7. The van der Waals surface area contributed by atoms with E-state index < -0.39 is 36.6 Å². The van der Waals surface area contributed by atoms with Gasteiger partial charge in [-0.1, -0.05) is 18.2 Å². The molecule has 2 amide bonds. The number of halogens is 5. The normalized spacial score (nSPS) is 20.9. The van der Waals surface area contributed by atoms with Gasteiger partial charge in [-0.25, -0.2) is 0 Å². The van der Waals surface area contributed by atoms with Gasteiger partial charge in [0.25, 0.3) is 5.91 Å². The van der Waals surface area contributed by atoms with Gasteiger partial charge >= 0.3 is 13.1 Å². The number of nitrogens with zero attached hydrogens (tertiary/aromatic N) is 3. The van der Waals surface area contributed by atoms with Gasteiger partial charge in [-0.15, -0.1) is 0 Å². The number of methoxy groups -OCH3 is 1. The maximum atomic E-state index is 15.7. The Labute approximate surface area is 299 Å². The molecule has 52 heavy (non-hydrogen) atoms. The fourth-order valence-corrected chi connectivity index (χ4v) is 7.87. The van der Waals surface area contributed by atoms with Crippen LogP contribution in [0.4, 0.5) is 27.5 Å². The summed E-state index contributed by atoms with van der Waals surface area (Å²) in [4.78, 5) is 27.4. The number of fused-ring (bicyclic) bond motifs is 3. The summed E-state index contributed by atoms with van der Waals surface area (Å²) in [5.41, 5.74) is 2.14. The van der Waals surface area contributed by atoms with Crippen molar-refractivity contribution in [3.05, 3.63) is 94.3 Å². The molecule has 0 spiro atoms. The Morgan fingerprint density at radius 1 is 1.04 bits per heavy atom. The Hall–Kier alpha value is -4.50. The molecule has 1 aromatic heterocycles. The molecule has 0 saturated carbocycles. The highest BCUT2D eigenvalue weighted by atomic mass is 19.4. The van der Waals surface area contributed by atoms with Gasteiger partial charge in [-0.2, -0.15) is 13.2 Å². The first-order chi connectivity index (χ1) is 24.7. The van der Waals surface area contributed by atoms with E-state index in [-0.39, 0.29) is 55.6 Å². The van der Waals surface area contributed by atoms with Gasteiger partial charge in [0.1, 0.15) is 23.6 Å². The number of rotatable bonds is 12. The summed E-state index contributed by atoms with van der Waals surface area (Å²) in [6.45, 7) is 0.494. The third-order valence-electron chi connectivity index (χ3n) is 10.4. The smallest absolute Gasteiger partial charge is 0.497 e. The van der Waals surface area contributed by atoms with Crippen LogP contribution in [-0.2, 0) is 35.0 Å². The number of anilines is 1. The van der Waals surface area contributed by atoms with Gasteiger partial charge in [0, 0.05) is 57.1 Å². The van der Waals surface area contributed by atoms with Crippen molar-refractivity contribution in [3.8, 4) is 5.75 Å². The molecule has 278 valence electrons. The van der Waals surface area contributed by atoms with Crippen molar-refractivity contribution in [2.24, 2.45) is 0 Å². The zero-order chi connectivity index (χ0) is 37.4. The Morgan fingerprint density at radius 3 is 2.50 bits per heavy atom. The summed E-state index contributed by atoms with van der Waals surface area (Å²) in [7, 11) is 1.48. The molecule has 0 saturated heterocycles. The number of carbonyl (C=O) groups excluding carboxylic acids is 2. The topological polar surface area (TPSA) is 98.8 Å². The van der Waals surface area contributed by atoms with E-state index in [4.69, 9.17) is 4.74 Å². The highest BCUT2D eigenvalue weighted by molar-refractivity contribution is 6.57. The van der Waals surface area contributed by atoms with Crippen molar-refractivity contribution in [2.45, 2.75) is 70.2 Å². The lowest BCUT2D eigenvalue weighted by Gasteiger charge is -2.36. The second kappa shape index (κ2) is 14.9. The number of nitrogens with one attached hydrogen (secondary N) is 2. The molecule has 0 aliphatic carbocycles. The number of aromatic nitrogens is 1. The standard InChI is InChI=1S/C37H43BF5N5O4/c1-23-20-24(2)47-33(23)21-27-11-10-26(48(27)38(47,42)43)12-15-34(49)45-17-5-16-44-18-19-46-32-7-4-6-31(37(39,40)41)30(32)22-29(35(50)36(46)51)25-8-13-28(52-3)14-9-25/h4,6-11,13-14,20,29,33,35,44,50H,5,12,15-19,21-22H2,1-3H3,(H,45,49)/t29-,33?,35+/m0/s1. The van der Waals surface area contributed by atoms with E-state index in [2.05, 4.69) is 10.6 Å². The number of benzene rings is 2. The Bertz CT molecular complexity index is 1890. The lowest BCUT2D eigenvalue weighted by Crippen LogP contribution is -2.57. The summed E-state index contributed by atoms with van der Waals surface area (Å²) >= 11 is 0. The highest BCUT2D eigenvalue weighted by Crippen LogP contribution is 2.42. The number of hydrogen-bond donors (Lipinski definition) is 3. The van der Waals surface area contributed by atoms with Crippen LogP contribution in [0.3, 0.4) is 0 Å². The first kappa shape index (κ1) is 37.3. The van der Waals surface area contributed by atoms with Gasteiger partial charge in [-0.3, -0.25) is 9.59 Å². The van der Waals surface area contributed by atoms with Gasteiger partial charge in [0.2, 0.25) is 5.91 Å². The predicted molar refractivity (Wildman–Crippen MR) is 188 cm³/mol. The van der Waals surface area contributed by atoms with Crippen LogP contribution >= 0.6 is 0 Å². The third-order valence-corrected chi connectivity index (χ3v) is 10.4. The molecule has 0 bridgehead atoms. The van der Waals surface area contributed by atoms with Crippen molar-refractivity contribution in [1.82, 2.24) is 15.1 Å².